The molecule has 18 heavy (non-hydrogen) atoms. The quantitative estimate of drug-likeness (QED) is 0.844. The van der Waals surface area contributed by atoms with E-state index in [4.69, 9.17) is 32.2 Å². The summed E-state index contributed by atoms with van der Waals surface area (Å²) in [5.41, 5.74) is 6.37. The summed E-state index contributed by atoms with van der Waals surface area (Å²) < 4.78 is 16.5. The van der Waals surface area contributed by atoms with Crippen molar-refractivity contribution in [1.29, 1.82) is 0 Å². The highest BCUT2D eigenvalue weighted by molar-refractivity contribution is 7.80. The van der Waals surface area contributed by atoms with Gasteiger partial charge in [0.15, 0.2) is 11.5 Å². The van der Waals surface area contributed by atoms with Gasteiger partial charge in [-0.2, -0.15) is 0 Å². The van der Waals surface area contributed by atoms with Crippen LogP contribution in [0.2, 0.25) is 0 Å². The lowest BCUT2D eigenvalue weighted by atomic mass is 10.1. The van der Waals surface area contributed by atoms with Gasteiger partial charge < -0.3 is 19.9 Å². The normalized spacial score (nSPS) is 16.3. The minimum absolute atomic E-state index is 0.184. The molecule has 1 saturated heterocycles. The molecule has 5 heteroatoms. The lowest BCUT2D eigenvalue weighted by molar-refractivity contribution is 0.0245. The van der Waals surface area contributed by atoms with Gasteiger partial charge in [0.1, 0.15) is 11.1 Å². The Morgan fingerprint density at radius 1 is 1.33 bits per heavy atom. The second kappa shape index (κ2) is 6.02. The predicted molar refractivity (Wildman–Crippen MR) is 73.4 cm³/mol. The molecule has 0 aromatic heterocycles. The Labute approximate surface area is 112 Å². The van der Waals surface area contributed by atoms with E-state index in [2.05, 4.69) is 0 Å². The Kier molecular flexibility index (Phi) is 4.38. The van der Waals surface area contributed by atoms with Crippen LogP contribution in [0.15, 0.2) is 18.2 Å². The van der Waals surface area contributed by atoms with E-state index in [1.165, 1.54) is 0 Å². The van der Waals surface area contributed by atoms with Crippen molar-refractivity contribution in [1.82, 2.24) is 0 Å². The number of thiocarbonyl (C=S) groups is 1. The van der Waals surface area contributed by atoms with Crippen LogP contribution in [0.5, 0.6) is 11.5 Å². The summed E-state index contributed by atoms with van der Waals surface area (Å²) in [5, 5.41) is 0. The average molecular weight is 267 g/mol. The van der Waals surface area contributed by atoms with Crippen LogP contribution in [0.3, 0.4) is 0 Å². The van der Waals surface area contributed by atoms with E-state index >= 15 is 0 Å². The first-order valence-corrected chi connectivity index (χ1v) is 6.34. The molecule has 2 rings (SSSR count). The minimum Gasteiger partial charge on any atom is -0.493 e. The van der Waals surface area contributed by atoms with Gasteiger partial charge in [-0.15, -0.1) is 0 Å². The summed E-state index contributed by atoms with van der Waals surface area (Å²) in [6, 6.07) is 5.50. The third kappa shape index (κ3) is 3.11. The van der Waals surface area contributed by atoms with Crippen molar-refractivity contribution in [3.8, 4) is 11.5 Å². The number of methoxy groups -OCH3 is 1. The SMILES string of the molecule is COc1cc(C(N)=S)ccc1OC1CCOCC1. The molecule has 0 atom stereocenters. The molecule has 98 valence electrons. The van der Waals surface area contributed by atoms with Crippen LogP contribution >= 0.6 is 12.2 Å². The third-order valence-electron chi connectivity index (χ3n) is 2.91. The van der Waals surface area contributed by atoms with Crippen molar-refractivity contribution in [2.75, 3.05) is 20.3 Å². The summed E-state index contributed by atoms with van der Waals surface area (Å²) in [7, 11) is 1.61. The Balaban J connectivity index is 2.13. The zero-order chi connectivity index (χ0) is 13.0. The largest absolute Gasteiger partial charge is 0.493 e. The number of rotatable bonds is 4. The van der Waals surface area contributed by atoms with Crippen LogP contribution in [0.1, 0.15) is 18.4 Å². The first kappa shape index (κ1) is 13.1. The number of nitrogens with two attached hydrogens (primary N) is 1. The van der Waals surface area contributed by atoms with E-state index in [0.717, 1.165) is 37.4 Å². The molecule has 0 amide bonds. The van der Waals surface area contributed by atoms with Crippen LogP contribution in [0.25, 0.3) is 0 Å². The zero-order valence-electron chi connectivity index (χ0n) is 10.3. The highest BCUT2D eigenvalue weighted by atomic mass is 32.1. The number of ether oxygens (including phenoxy) is 3. The van der Waals surface area contributed by atoms with E-state index in [1.54, 1.807) is 13.2 Å². The standard InChI is InChI=1S/C13H17NO3S/c1-15-12-8-9(13(14)18)2-3-11(12)17-10-4-6-16-7-5-10/h2-3,8,10H,4-7H2,1H3,(H2,14,18). The fraction of sp³-hybridized carbons (Fsp3) is 0.462. The Hall–Kier alpha value is -1.33. The van der Waals surface area contributed by atoms with Gasteiger partial charge in [0.25, 0.3) is 0 Å². The third-order valence-corrected chi connectivity index (χ3v) is 3.15. The average Bonchev–Trinajstić information content (AvgIpc) is 2.40. The van der Waals surface area contributed by atoms with E-state index in [9.17, 15) is 0 Å². The molecule has 0 bridgehead atoms. The van der Waals surface area contributed by atoms with Crippen molar-refractivity contribution < 1.29 is 14.2 Å². The molecule has 0 spiro atoms. The molecular formula is C13H17NO3S. The monoisotopic (exact) mass is 267 g/mol. The van der Waals surface area contributed by atoms with Gasteiger partial charge in [-0.1, -0.05) is 12.2 Å². The zero-order valence-corrected chi connectivity index (χ0v) is 11.2. The molecule has 4 nitrogen and oxygen atoms in total. The first-order chi connectivity index (χ1) is 8.70. The number of hydrogen-bond acceptors (Lipinski definition) is 4. The molecule has 1 aromatic carbocycles. The van der Waals surface area contributed by atoms with Crippen LogP contribution in [0, 0.1) is 0 Å². The topological polar surface area (TPSA) is 53.7 Å². The molecule has 1 aromatic rings. The van der Waals surface area contributed by atoms with E-state index < -0.39 is 0 Å². The van der Waals surface area contributed by atoms with Crippen LogP contribution in [-0.2, 0) is 4.74 Å². The highest BCUT2D eigenvalue weighted by Crippen LogP contribution is 2.30. The van der Waals surface area contributed by atoms with Crippen molar-refractivity contribution in [2.24, 2.45) is 5.73 Å². The fourth-order valence-electron chi connectivity index (χ4n) is 1.89. The Bertz CT molecular complexity index is 430. The molecule has 0 aliphatic carbocycles. The second-order valence-electron chi connectivity index (χ2n) is 4.16. The highest BCUT2D eigenvalue weighted by Gasteiger charge is 2.17. The van der Waals surface area contributed by atoms with Gasteiger partial charge in [0.2, 0.25) is 0 Å². The maximum Gasteiger partial charge on any atom is 0.161 e. The summed E-state index contributed by atoms with van der Waals surface area (Å²) >= 11 is 4.94. The first-order valence-electron chi connectivity index (χ1n) is 5.93. The summed E-state index contributed by atoms with van der Waals surface area (Å²) in [6.07, 6.45) is 1.99. The lowest BCUT2D eigenvalue weighted by Gasteiger charge is -2.24. The minimum atomic E-state index is 0.184. The van der Waals surface area contributed by atoms with Crippen LogP contribution < -0.4 is 15.2 Å². The van der Waals surface area contributed by atoms with Gasteiger partial charge in [0, 0.05) is 18.4 Å². The second-order valence-corrected chi connectivity index (χ2v) is 4.60. The molecule has 1 fully saturated rings. The van der Waals surface area contributed by atoms with Gasteiger partial charge in [-0.25, -0.2) is 0 Å². The van der Waals surface area contributed by atoms with Crippen molar-refractivity contribution in [3.63, 3.8) is 0 Å². The fourth-order valence-corrected chi connectivity index (χ4v) is 2.02. The summed E-state index contributed by atoms with van der Waals surface area (Å²) in [6.45, 7) is 1.50. The molecule has 1 aliphatic rings. The molecule has 2 N–H and O–H groups in total. The maximum atomic E-state index is 5.92. The van der Waals surface area contributed by atoms with Crippen LogP contribution in [0.4, 0.5) is 0 Å². The Morgan fingerprint density at radius 2 is 2.06 bits per heavy atom. The van der Waals surface area contributed by atoms with Crippen molar-refractivity contribution in [2.45, 2.75) is 18.9 Å². The van der Waals surface area contributed by atoms with Gasteiger partial charge in [-0.3, -0.25) is 0 Å². The van der Waals surface area contributed by atoms with Gasteiger partial charge >= 0.3 is 0 Å². The molecule has 0 radical (unpaired) electrons. The van der Waals surface area contributed by atoms with Gasteiger partial charge in [0.05, 0.1) is 20.3 Å². The lowest BCUT2D eigenvalue weighted by Crippen LogP contribution is -2.26. The van der Waals surface area contributed by atoms with Crippen LogP contribution in [-0.4, -0.2) is 31.4 Å². The molecule has 1 aliphatic heterocycles. The van der Waals surface area contributed by atoms with Gasteiger partial charge in [-0.05, 0) is 18.2 Å². The van der Waals surface area contributed by atoms with E-state index in [0.29, 0.717) is 10.7 Å². The number of benzene rings is 1. The van der Waals surface area contributed by atoms with E-state index in [1.807, 2.05) is 12.1 Å². The molecule has 1 heterocycles. The number of hydrogen-bond donors (Lipinski definition) is 1. The smallest absolute Gasteiger partial charge is 0.161 e. The van der Waals surface area contributed by atoms with Crippen molar-refractivity contribution >= 4 is 17.2 Å². The summed E-state index contributed by atoms with van der Waals surface area (Å²) in [4.78, 5) is 0.353. The molecule has 0 saturated carbocycles. The maximum absolute atomic E-state index is 5.92. The van der Waals surface area contributed by atoms with Crippen molar-refractivity contribution in [3.05, 3.63) is 23.8 Å². The summed E-state index contributed by atoms with van der Waals surface area (Å²) in [5.74, 6) is 1.39. The van der Waals surface area contributed by atoms with E-state index in [-0.39, 0.29) is 6.10 Å². The molecule has 0 unspecified atom stereocenters. The predicted octanol–water partition coefficient (Wildman–Crippen LogP) is 1.89. The Morgan fingerprint density at radius 3 is 2.67 bits per heavy atom. The molecular weight excluding hydrogens is 250 g/mol.